The van der Waals surface area contributed by atoms with Crippen LogP contribution >= 0.6 is 15.9 Å². The summed E-state index contributed by atoms with van der Waals surface area (Å²) in [5.41, 5.74) is 0.461. The molecule has 1 amide bonds. The number of fused-ring (bicyclic) bond motifs is 1. The highest BCUT2D eigenvalue weighted by Crippen LogP contribution is 2.52. The molecule has 1 heterocycles. The maximum Gasteiger partial charge on any atom is 0.274 e. The number of aromatic nitrogens is 1. The van der Waals surface area contributed by atoms with Crippen LogP contribution in [-0.2, 0) is 5.54 Å². The number of carbonyl (C=O) groups excluding carboxylic acids is 1. The molecule has 2 aromatic carbocycles. The van der Waals surface area contributed by atoms with Crippen molar-refractivity contribution in [2.24, 2.45) is 5.92 Å². The lowest BCUT2D eigenvalue weighted by atomic mass is 10.2. The van der Waals surface area contributed by atoms with Crippen LogP contribution in [0.5, 0.6) is 0 Å². The molecule has 0 saturated heterocycles. The van der Waals surface area contributed by atoms with Crippen molar-refractivity contribution in [1.29, 1.82) is 5.26 Å². The molecule has 0 radical (unpaired) electrons. The number of benzene rings is 2. The summed E-state index contributed by atoms with van der Waals surface area (Å²) < 4.78 is 17.0. The zero-order valence-electron chi connectivity index (χ0n) is 14.9. The summed E-state index contributed by atoms with van der Waals surface area (Å²) in [5, 5.41) is 10.4. The van der Waals surface area contributed by atoms with Gasteiger partial charge < -0.3 is 9.47 Å². The topological polar surface area (TPSA) is 49.0 Å². The fraction of sp³-hybridized carbons (Fsp3) is 0.238. The Labute approximate surface area is 164 Å². The Morgan fingerprint density at radius 2 is 2.00 bits per heavy atom. The van der Waals surface area contributed by atoms with E-state index in [9.17, 15) is 14.4 Å². The predicted molar refractivity (Wildman–Crippen MR) is 106 cm³/mol. The molecule has 136 valence electrons. The number of anilines is 1. The van der Waals surface area contributed by atoms with E-state index >= 15 is 0 Å². The SMILES string of the molecule is C[C@H]1C[C@]1(C#N)n1c(C(=O)N(C)c2ccccc2)cc2cc(Br)cc(F)c21. The third kappa shape index (κ3) is 2.65. The first kappa shape index (κ1) is 17.7. The van der Waals surface area contributed by atoms with Gasteiger partial charge in [-0.3, -0.25) is 4.79 Å². The molecule has 0 bridgehead atoms. The number of nitriles is 1. The molecule has 0 spiro atoms. The second-order valence-corrected chi connectivity index (χ2v) is 7.95. The number of para-hydroxylation sites is 1. The van der Waals surface area contributed by atoms with Crippen molar-refractivity contribution in [2.75, 3.05) is 11.9 Å². The van der Waals surface area contributed by atoms with Gasteiger partial charge in [0.2, 0.25) is 0 Å². The van der Waals surface area contributed by atoms with Crippen LogP contribution in [0.25, 0.3) is 10.9 Å². The summed E-state index contributed by atoms with van der Waals surface area (Å²) in [6.07, 6.45) is 0.595. The van der Waals surface area contributed by atoms with E-state index in [2.05, 4.69) is 22.0 Å². The number of hydrogen-bond acceptors (Lipinski definition) is 2. The Hall–Kier alpha value is -2.65. The molecular formula is C21H17BrFN3O. The van der Waals surface area contributed by atoms with Crippen molar-refractivity contribution >= 4 is 38.4 Å². The van der Waals surface area contributed by atoms with Crippen LogP contribution in [0, 0.1) is 23.1 Å². The van der Waals surface area contributed by atoms with Crippen LogP contribution in [0.1, 0.15) is 23.8 Å². The lowest BCUT2D eigenvalue weighted by Crippen LogP contribution is -2.31. The first-order chi connectivity index (χ1) is 12.9. The van der Waals surface area contributed by atoms with E-state index in [1.165, 1.54) is 11.0 Å². The molecule has 1 fully saturated rings. The van der Waals surface area contributed by atoms with Gasteiger partial charge in [0.1, 0.15) is 17.1 Å². The number of amides is 1. The average molecular weight is 426 g/mol. The van der Waals surface area contributed by atoms with Crippen molar-refractivity contribution in [1.82, 2.24) is 4.57 Å². The zero-order chi connectivity index (χ0) is 19.3. The molecular weight excluding hydrogens is 409 g/mol. The maximum absolute atomic E-state index is 14.8. The van der Waals surface area contributed by atoms with Crippen molar-refractivity contribution in [3.63, 3.8) is 0 Å². The molecule has 1 aromatic heterocycles. The van der Waals surface area contributed by atoms with Crippen LogP contribution in [0.15, 0.2) is 53.0 Å². The smallest absolute Gasteiger partial charge is 0.274 e. The third-order valence-corrected chi connectivity index (χ3v) is 5.80. The van der Waals surface area contributed by atoms with Gasteiger partial charge in [-0.15, -0.1) is 0 Å². The summed E-state index contributed by atoms with van der Waals surface area (Å²) in [6.45, 7) is 1.95. The van der Waals surface area contributed by atoms with E-state index in [1.54, 1.807) is 23.7 Å². The summed E-state index contributed by atoms with van der Waals surface area (Å²) in [7, 11) is 1.68. The number of halogens is 2. The largest absolute Gasteiger partial charge is 0.314 e. The van der Waals surface area contributed by atoms with Crippen molar-refractivity contribution < 1.29 is 9.18 Å². The maximum atomic E-state index is 14.8. The molecule has 4 nitrogen and oxygen atoms in total. The van der Waals surface area contributed by atoms with E-state index in [0.29, 0.717) is 27.5 Å². The quantitative estimate of drug-likeness (QED) is 0.587. The van der Waals surface area contributed by atoms with Gasteiger partial charge in [0.05, 0.1) is 11.6 Å². The Balaban J connectivity index is 1.94. The van der Waals surface area contributed by atoms with E-state index in [-0.39, 0.29) is 11.8 Å². The van der Waals surface area contributed by atoms with Crippen molar-refractivity contribution in [2.45, 2.75) is 18.9 Å². The first-order valence-electron chi connectivity index (χ1n) is 8.64. The lowest BCUT2D eigenvalue weighted by molar-refractivity contribution is 0.0982. The third-order valence-electron chi connectivity index (χ3n) is 5.35. The summed E-state index contributed by atoms with van der Waals surface area (Å²) >= 11 is 3.31. The molecule has 1 aliphatic rings. The lowest BCUT2D eigenvalue weighted by Gasteiger charge is -2.21. The summed E-state index contributed by atoms with van der Waals surface area (Å²) in [5.74, 6) is -0.675. The molecule has 6 heteroatoms. The molecule has 4 rings (SSSR count). The fourth-order valence-electron chi connectivity index (χ4n) is 3.70. The van der Waals surface area contributed by atoms with Gasteiger partial charge in [-0.1, -0.05) is 41.1 Å². The monoisotopic (exact) mass is 425 g/mol. The van der Waals surface area contributed by atoms with Gasteiger partial charge >= 0.3 is 0 Å². The van der Waals surface area contributed by atoms with E-state index in [1.807, 2.05) is 37.3 Å². The molecule has 27 heavy (non-hydrogen) atoms. The van der Waals surface area contributed by atoms with E-state index in [4.69, 9.17) is 0 Å². The Morgan fingerprint density at radius 1 is 1.33 bits per heavy atom. The highest BCUT2D eigenvalue weighted by molar-refractivity contribution is 9.10. The predicted octanol–water partition coefficient (Wildman–Crippen LogP) is 5.08. The normalized spacial score (nSPS) is 21.1. The Bertz CT molecular complexity index is 1100. The van der Waals surface area contributed by atoms with Gasteiger partial charge in [0.15, 0.2) is 0 Å². The molecule has 1 aliphatic carbocycles. The number of rotatable bonds is 3. The molecule has 0 unspecified atom stereocenters. The first-order valence-corrected chi connectivity index (χ1v) is 9.43. The molecule has 3 aromatic rings. The van der Waals surface area contributed by atoms with Crippen molar-refractivity contribution in [3.05, 3.63) is 64.5 Å². The Kier molecular flexibility index (Phi) is 4.08. The van der Waals surface area contributed by atoms with Gasteiger partial charge in [-0.2, -0.15) is 5.26 Å². The number of carbonyl (C=O) groups is 1. The second-order valence-electron chi connectivity index (χ2n) is 7.03. The van der Waals surface area contributed by atoms with Crippen LogP contribution in [-0.4, -0.2) is 17.5 Å². The Morgan fingerprint density at radius 3 is 2.59 bits per heavy atom. The molecule has 2 atom stereocenters. The minimum atomic E-state index is -0.890. The molecule has 0 N–H and O–H groups in total. The minimum Gasteiger partial charge on any atom is -0.314 e. The minimum absolute atomic E-state index is 0.0507. The van der Waals surface area contributed by atoms with Crippen LogP contribution in [0.2, 0.25) is 0 Å². The molecule has 1 saturated carbocycles. The highest BCUT2D eigenvalue weighted by atomic mass is 79.9. The van der Waals surface area contributed by atoms with Gasteiger partial charge in [-0.25, -0.2) is 4.39 Å². The van der Waals surface area contributed by atoms with Crippen molar-refractivity contribution in [3.8, 4) is 6.07 Å². The molecule has 0 aliphatic heterocycles. The fourth-order valence-corrected chi connectivity index (χ4v) is 4.15. The number of nitrogens with zero attached hydrogens (tertiary/aromatic N) is 3. The summed E-state index contributed by atoms with van der Waals surface area (Å²) in [6, 6.07) is 16.4. The van der Waals surface area contributed by atoms with E-state index in [0.717, 1.165) is 5.69 Å². The number of hydrogen-bond donors (Lipinski definition) is 0. The average Bonchev–Trinajstić information content (AvgIpc) is 3.16. The van der Waals surface area contributed by atoms with Gasteiger partial charge in [0, 0.05) is 22.6 Å². The van der Waals surface area contributed by atoms with Crippen LogP contribution in [0.4, 0.5) is 10.1 Å². The van der Waals surface area contributed by atoms with Gasteiger partial charge in [0.25, 0.3) is 5.91 Å². The summed E-state index contributed by atoms with van der Waals surface area (Å²) in [4.78, 5) is 14.8. The van der Waals surface area contributed by atoms with Crippen LogP contribution < -0.4 is 4.90 Å². The second kappa shape index (κ2) is 6.21. The highest BCUT2D eigenvalue weighted by Gasteiger charge is 2.56. The standard InChI is InChI=1S/C21H17BrFN3O/c1-13-11-21(13,12-24)26-18(9-14-8-15(22)10-17(23)19(14)26)20(27)25(2)16-6-4-3-5-7-16/h3-10,13H,11H2,1-2H3/t13-,21+/m0/s1. The van der Waals surface area contributed by atoms with E-state index < -0.39 is 11.4 Å². The van der Waals surface area contributed by atoms with Crippen LogP contribution in [0.3, 0.4) is 0 Å². The van der Waals surface area contributed by atoms with Gasteiger partial charge in [-0.05, 0) is 42.7 Å². The zero-order valence-corrected chi connectivity index (χ0v) is 16.5.